The Kier molecular flexibility index (Phi) is 5.45. The highest BCUT2D eigenvalue weighted by molar-refractivity contribution is 6.38. The van der Waals surface area contributed by atoms with E-state index in [1.54, 1.807) is 43.3 Å². The van der Waals surface area contributed by atoms with Crippen molar-refractivity contribution in [3.63, 3.8) is 0 Å². The molecule has 9 nitrogen and oxygen atoms in total. The predicted octanol–water partition coefficient (Wildman–Crippen LogP) is 2.00. The van der Waals surface area contributed by atoms with E-state index in [-0.39, 0.29) is 23.3 Å². The zero-order valence-corrected chi connectivity index (χ0v) is 19.1. The number of nitrogens with zero attached hydrogens (tertiary/aromatic N) is 3. The Balaban J connectivity index is 1.51. The van der Waals surface area contributed by atoms with Gasteiger partial charge in [0.15, 0.2) is 5.78 Å². The first-order chi connectivity index (χ1) is 16.3. The summed E-state index contributed by atoms with van der Waals surface area (Å²) >= 11 is 6.36. The van der Waals surface area contributed by atoms with Crippen molar-refractivity contribution in [1.29, 1.82) is 0 Å². The largest absolute Gasteiger partial charge is 0.343 e. The van der Waals surface area contributed by atoms with E-state index in [1.165, 1.54) is 9.58 Å². The summed E-state index contributed by atoms with van der Waals surface area (Å²) in [5.74, 6) is -1.41. The average molecular weight is 480 g/mol. The molecule has 10 heteroatoms. The van der Waals surface area contributed by atoms with E-state index in [2.05, 4.69) is 10.4 Å². The summed E-state index contributed by atoms with van der Waals surface area (Å²) in [4.78, 5) is 53.0. The van der Waals surface area contributed by atoms with Crippen molar-refractivity contribution in [2.45, 2.75) is 31.8 Å². The number of benzene rings is 2. The molecule has 1 fully saturated rings. The van der Waals surface area contributed by atoms with Gasteiger partial charge in [-0.25, -0.2) is 0 Å². The fourth-order valence-corrected chi connectivity index (χ4v) is 5.09. The molecule has 3 aromatic rings. The standard InChI is InChI=1S/C24H22ClN5O4/c1-12(27-23(33)17-9-4-10-29(17)18(31)11-26)24(34)30-21-13-5-2-7-15(25)19(13)22(32)14-6-3-8-16(28-30)20(14)21/h2-3,5-8,12,17H,4,9-11,26H2,1H3,(H,27,33)/t12-,17-/m0/s1. The van der Waals surface area contributed by atoms with Gasteiger partial charge < -0.3 is 16.0 Å². The molecule has 1 aromatic heterocycles. The van der Waals surface area contributed by atoms with Crippen LogP contribution in [0.5, 0.6) is 0 Å². The lowest BCUT2D eigenvalue weighted by atomic mass is 9.87. The number of halogens is 1. The van der Waals surface area contributed by atoms with E-state index in [0.29, 0.717) is 52.7 Å². The monoisotopic (exact) mass is 479 g/mol. The van der Waals surface area contributed by atoms with Crippen LogP contribution in [-0.4, -0.2) is 63.4 Å². The number of rotatable bonds is 4. The molecule has 0 radical (unpaired) electrons. The van der Waals surface area contributed by atoms with Crippen molar-refractivity contribution in [1.82, 2.24) is 20.0 Å². The van der Waals surface area contributed by atoms with Crippen molar-refractivity contribution in [3.05, 3.63) is 52.5 Å². The Morgan fingerprint density at radius 3 is 2.71 bits per heavy atom. The summed E-state index contributed by atoms with van der Waals surface area (Å²) in [6.45, 7) is 1.85. The lowest BCUT2D eigenvalue weighted by molar-refractivity contribution is -0.137. The summed E-state index contributed by atoms with van der Waals surface area (Å²) in [5, 5.41) is 8.06. The van der Waals surface area contributed by atoms with Gasteiger partial charge in [0.05, 0.1) is 28.3 Å². The molecule has 1 aliphatic heterocycles. The zero-order valence-electron chi connectivity index (χ0n) is 18.4. The Hall–Kier alpha value is -3.56. The molecule has 2 aromatic carbocycles. The van der Waals surface area contributed by atoms with Crippen molar-refractivity contribution in [3.8, 4) is 11.3 Å². The molecule has 5 rings (SSSR count). The summed E-state index contributed by atoms with van der Waals surface area (Å²) in [7, 11) is 0. The van der Waals surface area contributed by atoms with Gasteiger partial charge >= 0.3 is 0 Å². The lowest BCUT2D eigenvalue weighted by Gasteiger charge is -2.25. The summed E-state index contributed by atoms with van der Waals surface area (Å²) < 4.78 is 1.23. The van der Waals surface area contributed by atoms with Crippen LogP contribution < -0.4 is 11.1 Å². The number of fused-ring (bicyclic) bond motifs is 2. The molecular weight excluding hydrogens is 458 g/mol. The van der Waals surface area contributed by atoms with Crippen LogP contribution in [0.3, 0.4) is 0 Å². The second-order valence-corrected chi connectivity index (χ2v) is 8.88. The maximum absolute atomic E-state index is 13.5. The van der Waals surface area contributed by atoms with Crippen LogP contribution in [-0.2, 0) is 9.59 Å². The van der Waals surface area contributed by atoms with Crippen molar-refractivity contribution in [2.24, 2.45) is 5.73 Å². The van der Waals surface area contributed by atoms with Crippen LogP contribution in [0.1, 0.15) is 40.5 Å². The quantitative estimate of drug-likeness (QED) is 0.461. The van der Waals surface area contributed by atoms with Crippen molar-refractivity contribution < 1.29 is 19.2 Å². The average Bonchev–Trinajstić information content (AvgIpc) is 3.47. The Morgan fingerprint density at radius 1 is 1.21 bits per heavy atom. The third-order valence-corrected chi connectivity index (χ3v) is 6.74. The van der Waals surface area contributed by atoms with Crippen molar-refractivity contribution in [2.75, 3.05) is 13.1 Å². The second-order valence-electron chi connectivity index (χ2n) is 8.47. The molecule has 1 aliphatic carbocycles. The van der Waals surface area contributed by atoms with Crippen LogP contribution in [0.15, 0.2) is 36.4 Å². The van der Waals surface area contributed by atoms with Gasteiger partial charge in [-0.15, -0.1) is 0 Å². The topological polar surface area (TPSA) is 127 Å². The van der Waals surface area contributed by atoms with Gasteiger partial charge in [-0.2, -0.15) is 9.78 Å². The number of hydrogen-bond acceptors (Lipinski definition) is 6. The molecule has 3 N–H and O–H groups in total. The molecule has 0 spiro atoms. The Labute approximate surface area is 199 Å². The van der Waals surface area contributed by atoms with E-state index in [4.69, 9.17) is 17.3 Å². The smallest absolute Gasteiger partial charge is 0.269 e. The van der Waals surface area contributed by atoms with Gasteiger partial charge in [0, 0.05) is 23.1 Å². The SMILES string of the molecule is C[C@H](NC(=O)[C@@H]1CCCN1C(=O)CN)C(=O)n1nc2cccc3c2c1-c1cccc(Cl)c1C3=O. The van der Waals surface area contributed by atoms with Crippen molar-refractivity contribution >= 4 is 46.0 Å². The Bertz CT molecular complexity index is 1380. The normalized spacial score (nSPS) is 17.6. The number of carbonyl (C=O) groups is 4. The highest BCUT2D eigenvalue weighted by atomic mass is 35.5. The first kappa shape index (κ1) is 22.2. The number of ketones is 1. The molecule has 0 bridgehead atoms. The Morgan fingerprint density at radius 2 is 1.94 bits per heavy atom. The minimum absolute atomic E-state index is 0.176. The van der Waals surface area contributed by atoms with Crippen LogP contribution in [0.25, 0.3) is 22.2 Å². The molecule has 0 saturated carbocycles. The third kappa shape index (κ3) is 3.31. The van der Waals surface area contributed by atoms with Crippen LogP contribution in [0.4, 0.5) is 0 Å². The maximum Gasteiger partial charge on any atom is 0.269 e. The van der Waals surface area contributed by atoms with Crippen LogP contribution in [0, 0.1) is 0 Å². The van der Waals surface area contributed by atoms with E-state index in [1.807, 2.05) is 0 Å². The summed E-state index contributed by atoms with van der Waals surface area (Å²) in [6.07, 6.45) is 1.20. The molecule has 174 valence electrons. The van der Waals surface area contributed by atoms with Crippen LogP contribution >= 0.6 is 11.6 Å². The molecule has 2 amide bonds. The summed E-state index contributed by atoms with van der Waals surface area (Å²) in [6, 6.07) is 8.60. The van der Waals surface area contributed by atoms with E-state index in [9.17, 15) is 19.2 Å². The molecule has 2 atom stereocenters. The number of amides is 2. The number of nitrogens with one attached hydrogen (secondary N) is 1. The first-order valence-corrected chi connectivity index (χ1v) is 11.4. The summed E-state index contributed by atoms with van der Waals surface area (Å²) in [5.41, 5.74) is 7.68. The number of hydrogen-bond donors (Lipinski definition) is 2. The predicted molar refractivity (Wildman–Crippen MR) is 126 cm³/mol. The molecular formula is C24H22ClN5O4. The van der Waals surface area contributed by atoms with E-state index < -0.39 is 23.9 Å². The minimum Gasteiger partial charge on any atom is -0.343 e. The molecule has 34 heavy (non-hydrogen) atoms. The first-order valence-electron chi connectivity index (χ1n) is 11.0. The minimum atomic E-state index is -0.933. The third-order valence-electron chi connectivity index (χ3n) is 6.43. The lowest BCUT2D eigenvalue weighted by Crippen LogP contribution is -2.51. The van der Waals surface area contributed by atoms with Gasteiger partial charge in [-0.3, -0.25) is 19.2 Å². The maximum atomic E-state index is 13.5. The number of likely N-dealkylation sites (tertiary alicyclic amines) is 1. The number of nitrogens with two attached hydrogens (primary N) is 1. The van der Waals surface area contributed by atoms with Gasteiger partial charge in [0.2, 0.25) is 11.8 Å². The fraction of sp³-hybridized carbons (Fsp3) is 0.292. The molecule has 1 saturated heterocycles. The van der Waals surface area contributed by atoms with E-state index in [0.717, 1.165) is 0 Å². The van der Waals surface area contributed by atoms with Gasteiger partial charge in [0.1, 0.15) is 12.1 Å². The fourth-order valence-electron chi connectivity index (χ4n) is 4.83. The highest BCUT2D eigenvalue weighted by Crippen LogP contribution is 2.41. The zero-order chi connectivity index (χ0) is 24.1. The molecule has 2 heterocycles. The second kappa shape index (κ2) is 8.34. The number of aromatic nitrogens is 2. The van der Waals surface area contributed by atoms with Crippen LogP contribution in [0.2, 0.25) is 5.02 Å². The van der Waals surface area contributed by atoms with Gasteiger partial charge in [-0.05, 0) is 31.9 Å². The van der Waals surface area contributed by atoms with Gasteiger partial charge in [0.25, 0.3) is 5.91 Å². The highest BCUT2D eigenvalue weighted by Gasteiger charge is 2.36. The number of carbonyl (C=O) groups excluding carboxylic acids is 4. The molecule has 2 aliphatic rings. The van der Waals surface area contributed by atoms with Gasteiger partial charge in [-0.1, -0.05) is 35.9 Å². The molecule has 0 unspecified atom stereocenters. The van der Waals surface area contributed by atoms with E-state index >= 15 is 0 Å².